The summed E-state index contributed by atoms with van der Waals surface area (Å²) < 4.78 is 42.7. The van der Waals surface area contributed by atoms with Crippen LogP contribution in [0.5, 0.6) is 0 Å². The summed E-state index contributed by atoms with van der Waals surface area (Å²) in [6, 6.07) is 16.9. The van der Waals surface area contributed by atoms with Crippen molar-refractivity contribution in [3.8, 4) is 0 Å². The number of rotatable bonds is 6. The van der Waals surface area contributed by atoms with Gasteiger partial charge >= 0.3 is 0 Å². The second kappa shape index (κ2) is 8.97. The summed E-state index contributed by atoms with van der Waals surface area (Å²) in [7, 11) is -4.17. The number of halogens is 2. The van der Waals surface area contributed by atoms with Crippen molar-refractivity contribution >= 4 is 43.2 Å². The zero-order valence-corrected chi connectivity index (χ0v) is 18.8. The molecule has 1 N–H and O–H groups in total. The topological polar surface area (TPSA) is 66.5 Å². The second-order valence-corrected chi connectivity index (χ2v) is 9.50. The highest BCUT2D eigenvalue weighted by Crippen LogP contribution is 2.27. The lowest BCUT2D eigenvalue weighted by Crippen LogP contribution is -2.38. The first-order valence-corrected chi connectivity index (χ1v) is 11.3. The van der Waals surface area contributed by atoms with Crippen molar-refractivity contribution in [3.05, 3.63) is 88.1 Å². The number of sulfonamides is 1. The number of benzene rings is 3. The van der Waals surface area contributed by atoms with E-state index in [1.165, 1.54) is 30.3 Å². The lowest BCUT2D eigenvalue weighted by atomic mass is 10.2. The van der Waals surface area contributed by atoms with Crippen molar-refractivity contribution < 1.29 is 17.6 Å². The fourth-order valence-corrected chi connectivity index (χ4v) is 4.52. The lowest BCUT2D eigenvalue weighted by molar-refractivity contribution is -0.114. The Bertz CT molecular complexity index is 1180. The molecule has 0 fully saturated rings. The largest absolute Gasteiger partial charge is 0.325 e. The Kier molecular flexibility index (Phi) is 6.58. The maximum atomic E-state index is 14.5. The molecule has 30 heavy (non-hydrogen) atoms. The van der Waals surface area contributed by atoms with Crippen LogP contribution in [-0.2, 0) is 14.8 Å². The summed E-state index contributed by atoms with van der Waals surface area (Å²) in [5, 5.41) is 2.67. The minimum absolute atomic E-state index is 0.0244. The molecule has 5 nitrogen and oxygen atoms in total. The van der Waals surface area contributed by atoms with Crippen LogP contribution in [-0.4, -0.2) is 20.9 Å². The second-order valence-electron chi connectivity index (χ2n) is 6.79. The van der Waals surface area contributed by atoms with Gasteiger partial charge in [-0.25, -0.2) is 12.8 Å². The quantitative estimate of drug-likeness (QED) is 0.526. The van der Waals surface area contributed by atoms with Crippen LogP contribution in [0.3, 0.4) is 0 Å². The molecule has 0 atom stereocenters. The average molecular weight is 491 g/mol. The van der Waals surface area contributed by atoms with E-state index in [2.05, 4.69) is 21.2 Å². The van der Waals surface area contributed by atoms with Crippen LogP contribution in [0.2, 0.25) is 0 Å². The summed E-state index contributed by atoms with van der Waals surface area (Å²) in [5.74, 6) is -1.32. The van der Waals surface area contributed by atoms with Gasteiger partial charge in [-0.15, -0.1) is 0 Å². The number of amides is 1. The van der Waals surface area contributed by atoms with Crippen molar-refractivity contribution in [1.82, 2.24) is 0 Å². The molecule has 0 saturated heterocycles. The fourth-order valence-electron chi connectivity index (χ4n) is 2.84. The molecule has 8 heteroatoms. The summed E-state index contributed by atoms with van der Waals surface area (Å²) in [6.07, 6.45) is 0. The first-order chi connectivity index (χ1) is 14.2. The fraction of sp³-hybridized carbons (Fsp3) is 0.136. The minimum atomic E-state index is -4.17. The lowest BCUT2D eigenvalue weighted by Gasteiger charge is -2.24. The van der Waals surface area contributed by atoms with Gasteiger partial charge in [-0.05, 0) is 61.9 Å². The Balaban J connectivity index is 1.95. The number of carbonyl (C=O) groups is 1. The number of hydrogen-bond acceptors (Lipinski definition) is 3. The third kappa shape index (κ3) is 4.88. The van der Waals surface area contributed by atoms with Gasteiger partial charge in [0.25, 0.3) is 10.0 Å². The Morgan fingerprint density at radius 1 is 1.03 bits per heavy atom. The molecule has 0 bridgehead atoms. The van der Waals surface area contributed by atoms with E-state index in [4.69, 9.17) is 0 Å². The van der Waals surface area contributed by atoms with E-state index in [0.29, 0.717) is 5.69 Å². The smallest absolute Gasteiger partial charge is 0.264 e. The standard InChI is InChI=1S/C22H20BrFN2O3S/c1-15-7-10-18(11-8-15)30(28,29)26(21-6-4-3-5-20(21)24)14-22(27)25-17-9-12-19(23)16(2)13-17/h3-13H,14H2,1-2H3,(H,25,27). The van der Waals surface area contributed by atoms with E-state index >= 15 is 0 Å². The first kappa shape index (κ1) is 22.0. The highest BCUT2D eigenvalue weighted by Gasteiger charge is 2.29. The normalized spacial score (nSPS) is 11.2. The predicted molar refractivity (Wildman–Crippen MR) is 120 cm³/mol. The van der Waals surface area contributed by atoms with E-state index in [9.17, 15) is 17.6 Å². The first-order valence-electron chi connectivity index (χ1n) is 9.08. The molecule has 0 unspecified atom stereocenters. The third-order valence-corrected chi connectivity index (χ3v) is 7.12. The van der Waals surface area contributed by atoms with Crippen LogP contribution in [0.1, 0.15) is 11.1 Å². The Labute approximate surface area is 183 Å². The average Bonchev–Trinajstić information content (AvgIpc) is 2.70. The van der Waals surface area contributed by atoms with Crippen molar-refractivity contribution in [1.29, 1.82) is 0 Å². The molecule has 3 rings (SSSR count). The van der Waals surface area contributed by atoms with Crippen molar-refractivity contribution in [2.45, 2.75) is 18.7 Å². The summed E-state index contributed by atoms with van der Waals surface area (Å²) >= 11 is 3.39. The molecular formula is C22H20BrFN2O3S. The van der Waals surface area contributed by atoms with Gasteiger partial charge in [0.1, 0.15) is 12.4 Å². The highest BCUT2D eigenvalue weighted by atomic mass is 79.9. The Hall–Kier alpha value is -2.71. The van der Waals surface area contributed by atoms with E-state index < -0.39 is 28.3 Å². The van der Waals surface area contributed by atoms with Crippen molar-refractivity contribution in [3.63, 3.8) is 0 Å². The highest BCUT2D eigenvalue weighted by molar-refractivity contribution is 9.10. The molecule has 0 aliphatic heterocycles. The van der Waals surface area contributed by atoms with E-state index in [1.54, 1.807) is 30.3 Å². The molecule has 1 amide bonds. The van der Waals surface area contributed by atoms with Gasteiger partial charge in [-0.2, -0.15) is 0 Å². The Morgan fingerprint density at radius 3 is 2.33 bits per heavy atom. The molecule has 3 aromatic carbocycles. The van der Waals surface area contributed by atoms with Crippen LogP contribution < -0.4 is 9.62 Å². The van der Waals surface area contributed by atoms with Crippen LogP contribution in [0, 0.1) is 19.7 Å². The number of para-hydroxylation sites is 1. The number of anilines is 2. The molecule has 0 aliphatic rings. The van der Waals surface area contributed by atoms with Crippen molar-refractivity contribution in [2.24, 2.45) is 0 Å². The molecule has 0 aromatic heterocycles. The van der Waals surface area contributed by atoms with Crippen LogP contribution in [0.4, 0.5) is 15.8 Å². The zero-order chi connectivity index (χ0) is 21.9. The third-order valence-electron chi connectivity index (χ3n) is 4.46. The van der Waals surface area contributed by atoms with Gasteiger partial charge < -0.3 is 5.32 Å². The van der Waals surface area contributed by atoms with Crippen molar-refractivity contribution in [2.75, 3.05) is 16.2 Å². The number of carbonyl (C=O) groups excluding carboxylic acids is 1. The van der Waals surface area contributed by atoms with Gasteiger partial charge in [0.15, 0.2) is 0 Å². The van der Waals surface area contributed by atoms with E-state index in [0.717, 1.165) is 26.0 Å². The molecule has 0 spiro atoms. The molecule has 156 valence electrons. The van der Waals surface area contributed by atoms with Gasteiger partial charge in [0, 0.05) is 10.2 Å². The van der Waals surface area contributed by atoms with Gasteiger partial charge in [0.05, 0.1) is 10.6 Å². The van der Waals surface area contributed by atoms with E-state index in [-0.39, 0.29) is 10.6 Å². The molecular weight excluding hydrogens is 471 g/mol. The molecule has 0 radical (unpaired) electrons. The van der Waals surface area contributed by atoms with Gasteiger partial charge in [0.2, 0.25) is 5.91 Å². The van der Waals surface area contributed by atoms with E-state index in [1.807, 2.05) is 13.8 Å². The summed E-state index contributed by atoms with van der Waals surface area (Å²) in [4.78, 5) is 12.7. The SMILES string of the molecule is Cc1ccc(S(=O)(=O)N(CC(=O)Nc2ccc(Br)c(C)c2)c2ccccc2F)cc1. The maximum absolute atomic E-state index is 14.5. The van der Waals surface area contributed by atoms with Crippen LogP contribution >= 0.6 is 15.9 Å². The number of nitrogens with one attached hydrogen (secondary N) is 1. The summed E-state index contributed by atoms with van der Waals surface area (Å²) in [5.41, 5.74) is 2.11. The predicted octanol–water partition coefficient (Wildman–Crippen LogP) is 5.04. The molecule has 0 saturated carbocycles. The minimum Gasteiger partial charge on any atom is -0.325 e. The molecule has 3 aromatic rings. The number of hydrogen-bond donors (Lipinski definition) is 1. The Morgan fingerprint density at radius 2 is 1.70 bits per heavy atom. The monoisotopic (exact) mass is 490 g/mol. The summed E-state index contributed by atoms with van der Waals surface area (Å²) in [6.45, 7) is 3.12. The van der Waals surface area contributed by atoms with Crippen LogP contribution in [0.25, 0.3) is 0 Å². The van der Waals surface area contributed by atoms with Crippen LogP contribution in [0.15, 0.2) is 76.1 Å². The zero-order valence-electron chi connectivity index (χ0n) is 16.4. The van der Waals surface area contributed by atoms with Gasteiger partial charge in [-0.3, -0.25) is 9.10 Å². The molecule has 0 heterocycles. The maximum Gasteiger partial charge on any atom is 0.264 e. The number of aryl methyl sites for hydroxylation is 2. The molecule has 0 aliphatic carbocycles. The number of nitrogens with zero attached hydrogens (tertiary/aromatic N) is 1. The van der Waals surface area contributed by atoms with Gasteiger partial charge in [-0.1, -0.05) is 45.8 Å².